The van der Waals surface area contributed by atoms with Crippen LogP contribution in [0.3, 0.4) is 0 Å². The molecule has 1 aromatic rings. The van der Waals surface area contributed by atoms with Crippen molar-refractivity contribution in [2.75, 3.05) is 0 Å². The van der Waals surface area contributed by atoms with Crippen LogP contribution in [0.2, 0.25) is 0 Å². The zero-order valence-electron chi connectivity index (χ0n) is 4.08. The van der Waals surface area contributed by atoms with Gasteiger partial charge in [-0.05, 0) is 22.4 Å². The average Bonchev–Trinajstić information content (AvgIpc) is 2.17. The standard InChI is InChI=1S/C4H4S.CHClO/c1-2-4-5-3-1;2-1-3/h1-4H;1H. The van der Waals surface area contributed by atoms with E-state index in [0.29, 0.717) is 0 Å². The molecule has 0 fully saturated rings. The summed E-state index contributed by atoms with van der Waals surface area (Å²) in [6, 6.07) is 4.04. The van der Waals surface area contributed by atoms with Gasteiger partial charge >= 0.3 is 0 Å². The fourth-order valence-corrected chi connectivity index (χ4v) is 0.680. The van der Waals surface area contributed by atoms with E-state index >= 15 is 0 Å². The summed E-state index contributed by atoms with van der Waals surface area (Å²) in [4.78, 5) is 8.57. The average molecular weight is 149 g/mol. The van der Waals surface area contributed by atoms with Crippen molar-refractivity contribution in [3.8, 4) is 0 Å². The number of carbonyl (C=O) groups is 1. The molecule has 0 radical (unpaired) electrons. The topological polar surface area (TPSA) is 17.1 Å². The van der Waals surface area contributed by atoms with Gasteiger partial charge in [0.1, 0.15) is 0 Å². The van der Waals surface area contributed by atoms with E-state index in [2.05, 4.69) is 11.6 Å². The fourth-order valence-electron chi connectivity index (χ4n) is 0.227. The van der Waals surface area contributed by atoms with Crippen LogP contribution in [-0.4, -0.2) is 5.75 Å². The molecule has 0 N–H and O–H groups in total. The molecule has 0 atom stereocenters. The van der Waals surface area contributed by atoms with Crippen molar-refractivity contribution in [1.29, 1.82) is 0 Å². The Morgan fingerprint density at radius 2 is 1.75 bits per heavy atom. The molecule has 1 heterocycles. The van der Waals surface area contributed by atoms with Crippen LogP contribution in [0.15, 0.2) is 22.9 Å². The molecular weight excluding hydrogens is 144 g/mol. The van der Waals surface area contributed by atoms with Gasteiger partial charge in [-0.2, -0.15) is 11.3 Å². The van der Waals surface area contributed by atoms with Crippen molar-refractivity contribution in [1.82, 2.24) is 0 Å². The SMILES string of the molecule is O=CCl.c1ccsc1. The second-order valence-corrected chi connectivity index (χ2v) is 1.88. The fraction of sp³-hybridized carbons (Fsp3) is 0. The summed E-state index contributed by atoms with van der Waals surface area (Å²) >= 11 is 6.03. The highest BCUT2D eigenvalue weighted by Gasteiger charge is 1.58. The summed E-state index contributed by atoms with van der Waals surface area (Å²) in [6.07, 6.45) is 0. The maximum Gasteiger partial charge on any atom is 0.208 e. The number of hydrogen-bond donors (Lipinski definition) is 0. The maximum atomic E-state index is 8.57. The van der Waals surface area contributed by atoms with Crippen molar-refractivity contribution < 1.29 is 4.79 Å². The predicted octanol–water partition coefficient (Wildman–Crippen LogP) is 2.16. The molecule has 0 saturated carbocycles. The quantitative estimate of drug-likeness (QED) is 0.407. The number of hydrogen-bond acceptors (Lipinski definition) is 2. The normalized spacial score (nSPS) is 6.62. The molecule has 0 amide bonds. The molecule has 1 nitrogen and oxygen atoms in total. The lowest BCUT2D eigenvalue weighted by Gasteiger charge is -1.39. The van der Waals surface area contributed by atoms with E-state index in [1.54, 1.807) is 11.3 Å². The Labute approximate surface area is 56.9 Å². The molecule has 0 spiro atoms. The van der Waals surface area contributed by atoms with Crippen LogP contribution in [0.5, 0.6) is 0 Å². The third kappa shape index (κ3) is 5.66. The van der Waals surface area contributed by atoms with E-state index in [1.165, 1.54) is 0 Å². The van der Waals surface area contributed by atoms with E-state index in [4.69, 9.17) is 4.79 Å². The molecule has 8 heavy (non-hydrogen) atoms. The van der Waals surface area contributed by atoms with Crippen molar-refractivity contribution >= 4 is 28.7 Å². The zero-order chi connectivity index (χ0) is 6.24. The van der Waals surface area contributed by atoms with Crippen LogP contribution in [-0.2, 0) is 4.79 Å². The predicted molar refractivity (Wildman–Crippen MR) is 36.9 cm³/mol. The van der Waals surface area contributed by atoms with Crippen LogP contribution in [0.25, 0.3) is 0 Å². The summed E-state index contributed by atoms with van der Waals surface area (Å²) in [7, 11) is 0. The Morgan fingerprint density at radius 3 is 1.88 bits per heavy atom. The summed E-state index contributed by atoms with van der Waals surface area (Å²) in [5, 5.41) is 4.08. The Hall–Kier alpha value is -0.340. The lowest BCUT2D eigenvalue weighted by Crippen LogP contribution is -1.24. The molecule has 0 aliphatic carbocycles. The molecule has 1 rings (SSSR count). The molecule has 0 aromatic carbocycles. The number of rotatable bonds is 0. The minimum atomic E-state index is 0.222. The number of thiophene rings is 1. The second-order valence-electron chi connectivity index (χ2n) is 0.882. The van der Waals surface area contributed by atoms with E-state index < -0.39 is 0 Å². The van der Waals surface area contributed by atoms with Gasteiger partial charge in [-0.1, -0.05) is 12.1 Å². The lowest BCUT2D eigenvalue weighted by atomic mass is 10.7. The minimum Gasteiger partial charge on any atom is -0.285 e. The number of carbonyl (C=O) groups excluding carboxylic acids is 1. The highest BCUT2D eigenvalue weighted by molar-refractivity contribution is 7.07. The molecule has 0 aliphatic rings. The molecular formula is C5H5ClOS. The molecule has 1 aromatic heterocycles. The second kappa shape index (κ2) is 6.66. The van der Waals surface area contributed by atoms with Gasteiger partial charge in [0.25, 0.3) is 0 Å². The third-order valence-electron chi connectivity index (χ3n) is 0.425. The summed E-state index contributed by atoms with van der Waals surface area (Å²) < 4.78 is 0. The van der Waals surface area contributed by atoms with Crippen LogP contribution < -0.4 is 0 Å². The van der Waals surface area contributed by atoms with Gasteiger partial charge in [0, 0.05) is 0 Å². The maximum absolute atomic E-state index is 8.57. The summed E-state index contributed by atoms with van der Waals surface area (Å²) in [5.74, 6) is 0.222. The first-order valence-corrected chi connectivity index (χ1v) is 3.30. The molecule has 0 unspecified atom stereocenters. The van der Waals surface area contributed by atoms with Crippen molar-refractivity contribution in [2.45, 2.75) is 0 Å². The van der Waals surface area contributed by atoms with Crippen LogP contribution in [0, 0.1) is 0 Å². The Balaban J connectivity index is 0.000000145. The monoisotopic (exact) mass is 148 g/mol. The number of halogens is 1. The Morgan fingerprint density at radius 1 is 1.38 bits per heavy atom. The van der Waals surface area contributed by atoms with Crippen molar-refractivity contribution in [2.24, 2.45) is 0 Å². The summed E-state index contributed by atoms with van der Waals surface area (Å²) in [5.41, 5.74) is 0. The van der Waals surface area contributed by atoms with Gasteiger partial charge in [-0.25, -0.2) is 0 Å². The smallest absolute Gasteiger partial charge is 0.208 e. The minimum absolute atomic E-state index is 0.222. The zero-order valence-corrected chi connectivity index (χ0v) is 5.65. The van der Waals surface area contributed by atoms with E-state index in [1.807, 2.05) is 22.9 Å². The lowest BCUT2D eigenvalue weighted by molar-refractivity contribution is 0.569. The Kier molecular flexibility index (Phi) is 6.38. The first-order valence-electron chi connectivity index (χ1n) is 1.93. The highest BCUT2D eigenvalue weighted by atomic mass is 35.5. The third-order valence-corrected chi connectivity index (χ3v) is 1.05. The molecule has 44 valence electrons. The van der Waals surface area contributed by atoms with Crippen molar-refractivity contribution in [3.63, 3.8) is 0 Å². The Bertz CT molecular complexity index is 98.8. The largest absolute Gasteiger partial charge is 0.285 e. The van der Waals surface area contributed by atoms with Crippen LogP contribution in [0.1, 0.15) is 0 Å². The van der Waals surface area contributed by atoms with Gasteiger partial charge in [-0.3, -0.25) is 4.79 Å². The summed E-state index contributed by atoms with van der Waals surface area (Å²) in [6.45, 7) is 0. The van der Waals surface area contributed by atoms with Crippen LogP contribution >= 0.6 is 22.9 Å². The van der Waals surface area contributed by atoms with Crippen LogP contribution in [0.4, 0.5) is 0 Å². The van der Waals surface area contributed by atoms with Crippen molar-refractivity contribution in [3.05, 3.63) is 22.9 Å². The first-order chi connectivity index (χ1) is 3.91. The van der Waals surface area contributed by atoms with Gasteiger partial charge in [-0.15, -0.1) is 0 Å². The van der Waals surface area contributed by atoms with Gasteiger partial charge < -0.3 is 0 Å². The van der Waals surface area contributed by atoms with Gasteiger partial charge in [0.2, 0.25) is 5.75 Å². The van der Waals surface area contributed by atoms with E-state index in [-0.39, 0.29) is 5.75 Å². The molecule has 0 saturated heterocycles. The highest BCUT2D eigenvalue weighted by Crippen LogP contribution is 1.91. The molecule has 0 aliphatic heterocycles. The first kappa shape index (κ1) is 7.66. The van der Waals surface area contributed by atoms with E-state index in [9.17, 15) is 0 Å². The van der Waals surface area contributed by atoms with Gasteiger partial charge in [0.15, 0.2) is 0 Å². The molecule has 3 heteroatoms. The molecule has 0 bridgehead atoms. The van der Waals surface area contributed by atoms with Gasteiger partial charge in [0.05, 0.1) is 0 Å². The van der Waals surface area contributed by atoms with E-state index in [0.717, 1.165) is 0 Å².